The van der Waals surface area contributed by atoms with Gasteiger partial charge in [0.05, 0.1) is 22.3 Å². The summed E-state index contributed by atoms with van der Waals surface area (Å²) in [6.07, 6.45) is -1.53. The van der Waals surface area contributed by atoms with E-state index in [0.717, 1.165) is 27.3 Å². The number of benzene rings is 1. The van der Waals surface area contributed by atoms with Gasteiger partial charge in [-0.25, -0.2) is 19.2 Å². The number of piperidine rings is 4. The lowest BCUT2D eigenvalue weighted by molar-refractivity contribution is -0.298. The normalized spacial score (nSPS) is 26.6. The highest BCUT2D eigenvalue weighted by molar-refractivity contribution is 6.10. The smallest absolute Gasteiger partial charge is 0.339 e. The highest BCUT2D eigenvalue weighted by Gasteiger charge is 2.51. The molecule has 4 saturated heterocycles. The minimum absolute atomic E-state index is 0.173. The molecule has 0 aliphatic carbocycles. The number of ether oxygens (including phenoxy) is 4. The van der Waals surface area contributed by atoms with Gasteiger partial charge in [-0.05, 0) is 123 Å². The Balaban J connectivity index is 1.63. The van der Waals surface area contributed by atoms with Crippen LogP contribution in [0.3, 0.4) is 0 Å². The van der Waals surface area contributed by atoms with Crippen LogP contribution in [0.2, 0.25) is 0 Å². The van der Waals surface area contributed by atoms with E-state index in [1.807, 2.05) is 27.7 Å². The molecular weight excluding hydrogens is 801 g/mol. The summed E-state index contributed by atoms with van der Waals surface area (Å²) in [7, 11) is 0. The monoisotopic (exact) mass is 872 g/mol. The zero-order chi connectivity index (χ0) is 47.1. The van der Waals surface area contributed by atoms with Gasteiger partial charge in [0.1, 0.15) is 24.4 Å². The summed E-state index contributed by atoms with van der Waals surface area (Å²) in [6.45, 7) is 28.3. The predicted octanol–water partition coefficient (Wildman–Crippen LogP) is 7.83. The zero-order valence-electron chi connectivity index (χ0n) is 39.8. The molecule has 0 amide bonds. The second-order valence-corrected chi connectivity index (χ2v) is 23.4. The fourth-order valence-corrected chi connectivity index (χ4v) is 11.2. The standard InChI is InChI=1S/C46H71N4O12/c1-39(2)19-27(20-40(3,4)47(39)55)59-35(51)31-17-33(37(53)61-29-23-43(9,10)49(57)44(11,12)24-29)34(38(54)62-30-25-45(13,14)50(58)46(15,16)26-30)18-32(31)36(52)60-28-21-41(5,6)48(56)42(7,8)22-28/h17-18,27-30,55H,19-26H2,1-16H3. The second-order valence-electron chi connectivity index (χ2n) is 23.4. The molecule has 16 heteroatoms. The Labute approximate surface area is 367 Å². The predicted molar refractivity (Wildman–Crippen MR) is 224 cm³/mol. The molecule has 0 bridgehead atoms. The highest BCUT2D eigenvalue weighted by atomic mass is 16.6. The number of carbonyl (C=O) groups is 4. The third-order valence-electron chi connectivity index (χ3n) is 13.4. The fraction of sp³-hybridized carbons (Fsp3) is 0.783. The van der Waals surface area contributed by atoms with Crippen LogP contribution in [0.1, 0.15) is 204 Å². The van der Waals surface area contributed by atoms with Crippen LogP contribution < -0.4 is 0 Å². The lowest BCUT2D eigenvalue weighted by atomic mass is 9.80. The molecule has 3 radical (unpaired) electrons. The number of hydrogen-bond acceptors (Lipinski definition) is 13. The van der Waals surface area contributed by atoms with Gasteiger partial charge < -0.3 is 24.2 Å². The molecule has 1 aromatic carbocycles. The largest absolute Gasteiger partial charge is 0.459 e. The topological polar surface area (TPSA) is 198 Å². The first-order valence-corrected chi connectivity index (χ1v) is 21.9. The van der Waals surface area contributed by atoms with Gasteiger partial charge in [-0.15, -0.1) is 30.8 Å². The molecule has 4 heterocycles. The fourth-order valence-electron chi connectivity index (χ4n) is 11.2. The van der Waals surface area contributed by atoms with Gasteiger partial charge in [0.15, 0.2) is 0 Å². The van der Waals surface area contributed by atoms with Crippen molar-refractivity contribution in [3.63, 3.8) is 0 Å². The minimum atomic E-state index is -0.988. The molecule has 0 unspecified atom stereocenters. The molecule has 4 aliphatic rings. The number of hydrogen-bond donors (Lipinski definition) is 1. The lowest BCUT2D eigenvalue weighted by Gasteiger charge is -2.50. The van der Waals surface area contributed by atoms with E-state index in [0.29, 0.717) is 0 Å². The first-order chi connectivity index (χ1) is 27.9. The van der Waals surface area contributed by atoms with Crippen molar-refractivity contribution in [1.29, 1.82) is 0 Å². The van der Waals surface area contributed by atoms with E-state index >= 15 is 0 Å². The Bertz CT molecular complexity index is 1580. The van der Waals surface area contributed by atoms with E-state index in [-0.39, 0.29) is 73.6 Å². The molecule has 1 aromatic rings. The van der Waals surface area contributed by atoms with Crippen molar-refractivity contribution >= 4 is 23.9 Å². The lowest BCUT2D eigenvalue weighted by Crippen LogP contribution is -2.60. The van der Waals surface area contributed by atoms with Crippen molar-refractivity contribution in [3.8, 4) is 0 Å². The van der Waals surface area contributed by atoms with Crippen LogP contribution in [0.15, 0.2) is 12.1 Å². The summed E-state index contributed by atoms with van der Waals surface area (Å²) >= 11 is 0. The van der Waals surface area contributed by atoms with Crippen LogP contribution in [0.25, 0.3) is 0 Å². The maximum atomic E-state index is 14.5. The molecular formula is C46H71N4O12. The number of rotatable bonds is 8. The summed E-state index contributed by atoms with van der Waals surface area (Å²) in [4.78, 5) is 58.1. The van der Waals surface area contributed by atoms with E-state index in [2.05, 4.69) is 0 Å². The van der Waals surface area contributed by atoms with Crippen molar-refractivity contribution in [3.05, 3.63) is 34.4 Å². The Kier molecular flexibility index (Phi) is 13.1. The van der Waals surface area contributed by atoms with Gasteiger partial charge in [0, 0.05) is 95.7 Å². The molecule has 0 saturated carbocycles. The molecule has 0 spiro atoms. The second kappa shape index (κ2) is 16.3. The average molecular weight is 872 g/mol. The highest BCUT2D eigenvalue weighted by Crippen LogP contribution is 2.43. The van der Waals surface area contributed by atoms with Crippen LogP contribution in [-0.2, 0) is 34.6 Å². The molecule has 5 rings (SSSR count). The zero-order valence-corrected chi connectivity index (χ0v) is 39.8. The van der Waals surface area contributed by atoms with Gasteiger partial charge in [0.25, 0.3) is 0 Å². The quantitative estimate of drug-likeness (QED) is 0.196. The van der Waals surface area contributed by atoms with E-state index in [1.165, 1.54) is 5.06 Å². The third-order valence-corrected chi connectivity index (χ3v) is 13.4. The maximum absolute atomic E-state index is 14.5. The van der Waals surface area contributed by atoms with Gasteiger partial charge in [-0.3, -0.25) is 0 Å². The van der Waals surface area contributed by atoms with E-state index in [4.69, 9.17) is 18.9 Å². The first-order valence-electron chi connectivity index (χ1n) is 21.9. The molecule has 1 N–H and O–H groups in total. The first kappa shape index (κ1) is 49.8. The third kappa shape index (κ3) is 10.0. The molecule has 0 atom stereocenters. The van der Waals surface area contributed by atoms with Gasteiger partial charge in [-0.2, -0.15) is 5.06 Å². The SMILES string of the molecule is CC1(C)CC(OC(=O)c2cc(C(=O)OC3CC(C)(C)N([O])C(C)(C)C3)c(C(=O)OC3CC(C)(C)N(O)C(C)(C)C3)cc2C(=O)OC2CC(C)(C)N([O])C(C)(C)C2)CC(C)(C)N1[O]. The van der Waals surface area contributed by atoms with Crippen molar-refractivity contribution < 1.29 is 59.0 Å². The van der Waals surface area contributed by atoms with Crippen molar-refractivity contribution in [2.45, 2.75) is 231 Å². The molecule has 4 fully saturated rings. The van der Waals surface area contributed by atoms with Gasteiger partial charge >= 0.3 is 23.9 Å². The maximum Gasteiger partial charge on any atom is 0.339 e. The van der Waals surface area contributed by atoms with Crippen LogP contribution in [-0.4, -0.2) is 118 Å². The van der Waals surface area contributed by atoms with E-state index < -0.39 is 92.6 Å². The summed E-state index contributed by atoms with van der Waals surface area (Å²) in [5.74, 6) is -3.94. The number of carbonyl (C=O) groups excluding carboxylic acids is 4. The van der Waals surface area contributed by atoms with Gasteiger partial charge in [0.2, 0.25) is 0 Å². The Morgan fingerprint density at radius 1 is 0.387 bits per heavy atom. The molecule has 347 valence electrons. The molecule has 16 nitrogen and oxygen atoms in total. The van der Waals surface area contributed by atoms with Crippen LogP contribution >= 0.6 is 0 Å². The Morgan fingerprint density at radius 2 is 0.548 bits per heavy atom. The Hall–Kier alpha value is -3.22. The van der Waals surface area contributed by atoms with Crippen molar-refractivity contribution in [2.75, 3.05) is 0 Å². The minimum Gasteiger partial charge on any atom is -0.459 e. The van der Waals surface area contributed by atoms with Crippen LogP contribution in [0, 0.1) is 0 Å². The Morgan fingerprint density at radius 3 is 0.726 bits per heavy atom. The van der Waals surface area contributed by atoms with Crippen LogP contribution in [0.4, 0.5) is 0 Å². The summed E-state index contributed by atoms with van der Waals surface area (Å²) in [5, 5.41) is 54.7. The summed E-state index contributed by atoms with van der Waals surface area (Å²) < 4.78 is 24.4. The van der Waals surface area contributed by atoms with Crippen molar-refractivity contribution in [2.24, 2.45) is 0 Å². The number of nitrogens with zero attached hydrogens (tertiary/aromatic N) is 4. The van der Waals surface area contributed by atoms with Gasteiger partial charge in [-0.1, -0.05) is 0 Å². The van der Waals surface area contributed by atoms with E-state index in [1.54, 1.807) is 83.1 Å². The molecule has 4 aliphatic heterocycles. The average Bonchev–Trinajstić information content (AvgIpc) is 3.09. The van der Waals surface area contributed by atoms with Crippen LogP contribution in [0.5, 0.6) is 0 Å². The molecule has 0 aromatic heterocycles. The van der Waals surface area contributed by atoms with Crippen molar-refractivity contribution in [1.82, 2.24) is 20.3 Å². The number of hydroxylamine groups is 8. The summed E-state index contributed by atoms with van der Waals surface area (Å²) in [5.41, 5.74) is -8.56. The summed E-state index contributed by atoms with van der Waals surface area (Å²) in [6, 6.07) is 2.21. The molecule has 62 heavy (non-hydrogen) atoms. The van der Waals surface area contributed by atoms with E-state index in [9.17, 15) is 40.0 Å². The number of esters is 4.